The molecule has 1 amide bonds. The van der Waals surface area contributed by atoms with Crippen molar-refractivity contribution in [3.63, 3.8) is 0 Å². The molecule has 0 radical (unpaired) electrons. The average Bonchev–Trinajstić information content (AvgIpc) is 2.66. The van der Waals surface area contributed by atoms with E-state index in [-0.39, 0.29) is 17.6 Å². The molecule has 0 saturated carbocycles. The molecule has 0 spiro atoms. The molecule has 1 rings (SSSR count). The van der Waals surface area contributed by atoms with Crippen LogP contribution in [0.5, 0.6) is 5.75 Å². The number of rotatable bonds is 11. The molecule has 0 aliphatic rings. The van der Waals surface area contributed by atoms with Gasteiger partial charge in [-0.2, -0.15) is 0 Å². The summed E-state index contributed by atoms with van der Waals surface area (Å²) in [7, 11) is 1.32. The van der Waals surface area contributed by atoms with Gasteiger partial charge in [0.1, 0.15) is 16.9 Å². The Labute approximate surface area is 162 Å². The molecule has 0 aromatic heterocycles. The Kier molecular flexibility index (Phi) is 9.29. The molecule has 0 bridgehead atoms. The molecule has 27 heavy (non-hydrogen) atoms. The first-order valence-electron chi connectivity index (χ1n) is 9.65. The lowest BCUT2D eigenvalue weighted by atomic mass is 9.97. The highest BCUT2D eigenvalue weighted by Gasteiger charge is 2.33. The predicted molar refractivity (Wildman–Crippen MR) is 106 cm³/mol. The fraction of sp³-hybridized carbons (Fsp3) is 0.619. The Morgan fingerprint density at radius 2 is 1.93 bits per heavy atom. The minimum absolute atomic E-state index is 0.0378. The van der Waals surface area contributed by atoms with Crippen molar-refractivity contribution in [2.75, 3.05) is 19.0 Å². The maximum absolute atomic E-state index is 12.8. The molecule has 2 unspecified atom stereocenters. The van der Waals surface area contributed by atoms with Gasteiger partial charge in [-0.3, -0.25) is 4.79 Å². The zero-order valence-corrected chi connectivity index (χ0v) is 17.4. The van der Waals surface area contributed by atoms with Crippen LogP contribution in [0.4, 0.5) is 5.69 Å². The third kappa shape index (κ3) is 6.54. The van der Waals surface area contributed by atoms with E-state index in [2.05, 4.69) is 12.2 Å². The highest BCUT2D eigenvalue weighted by molar-refractivity contribution is 5.99. The van der Waals surface area contributed by atoms with Gasteiger partial charge in [0.05, 0.1) is 13.2 Å². The lowest BCUT2D eigenvalue weighted by Gasteiger charge is -2.28. The third-order valence-corrected chi connectivity index (χ3v) is 4.50. The first kappa shape index (κ1) is 23.0. The molecular weight excluding hydrogens is 346 g/mol. The number of ether oxygens (including phenoxy) is 3. The zero-order chi connectivity index (χ0) is 20.4. The molecule has 0 heterocycles. The van der Waals surface area contributed by atoms with Crippen molar-refractivity contribution in [3.05, 3.63) is 23.8 Å². The minimum Gasteiger partial charge on any atom is -0.490 e. The highest BCUT2D eigenvalue weighted by Crippen LogP contribution is 2.27. The number of amides is 1. The van der Waals surface area contributed by atoms with E-state index in [9.17, 15) is 9.59 Å². The molecule has 0 aliphatic heterocycles. The Morgan fingerprint density at radius 1 is 1.22 bits per heavy atom. The van der Waals surface area contributed by atoms with Gasteiger partial charge < -0.3 is 19.5 Å². The normalized spacial score (nSPS) is 14.1. The maximum atomic E-state index is 12.8. The summed E-state index contributed by atoms with van der Waals surface area (Å²) in [4.78, 5) is 24.9. The van der Waals surface area contributed by atoms with Gasteiger partial charge in [-0.05, 0) is 51.8 Å². The van der Waals surface area contributed by atoms with Crippen LogP contribution in [0.2, 0.25) is 0 Å². The van der Waals surface area contributed by atoms with Crippen LogP contribution in [-0.2, 0) is 14.3 Å². The molecule has 0 fully saturated rings. The van der Waals surface area contributed by atoms with Gasteiger partial charge in [0.2, 0.25) is 0 Å². The molecule has 6 nitrogen and oxygen atoms in total. The van der Waals surface area contributed by atoms with Crippen LogP contribution in [0.1, 0.15) is 70.7 Å². The van der Waals surface area contributed by atoms with Gasteiger partial charge >= 0.3 is 5.97 Å². The first-order chi connectivity index (χ1) is 12.8. The summed E-state index contributed by atoms with van der Waals surface area (Å²) in [6, 6.07) is 4.97. The van der Waals surface area contributed by atoms with Crippen LogP contribution in [0.25, 0.3) is 0 Å². The highest BCUT2D eigenvalue weighted by atomic mass is 16.5. The van der Waals surface area contributed by atoms with Crippen molar-refractivity contribution in [2.45, 2.75) is 72.0 Å². The van der Waals surface area contributed by atoms with E-state index in [1.807, 2.05) is 20.8 Å². The molecule has 1 aromatic carbocycles. The van der Waals surface area contributed by atoms with E-state index in [4.69, 9.17) is 14.2 Å². The van der Waals surface area contributed by atoms with Crippen LogP contribution < -0.4 is 10.1 Å². The van der Waals surface area contributed by atoms with Gasteiger partial charge in [0, 0.05) is 12.3 Å². The predicted octanol–water partition coefficient (Wildman–Crippen LogP) is 4.57. The summed E-state index contributed by atoms with van der Waals surface area (Å²) in [5.74, 6) is -0.306. The zero-order valence-electron chi connectivity index (χ0n) is 17.4. The van der Waals surface area contributed by atoms with Gasteiger partial charge in [-0.15, -0.1) is 0 Å². The molecule has 1 N–H and O–H groups in total. The monoisotopic (exact) mass is 379 g/mol. The second-order valence-corrected chi connectivity index (χ2v) is 6.76. The van der Waals surface area contributed by atoms with E-state index >= 15 is 0 Å². The standard InChI is InChI=1S/C21H33NO5/c1-7-10-13-21(5,26-9-3)20(24)22-16-11-12-18(27-15(4)8-2)17(14-16)19(23)25-6/h11-12,14-15H,7-10,13H2,1-6H3,(H,22,24). The fourth-order valence-corrected chi connectivity index (χ4v) is 2.63. The van der Waals surface area contributed by atoms with Crippen LogP contribution >= 0.6 is 0 Å². The molecule has 0 saturated heterocycles. The lowest BCUT2D eigenvalue weighted by molar-refractivity contribution is -0.139. The van der Waals surface area contributed by atoms with Crippen molar-refractivity contribution < 1.29 is 23.8 Å². The second kappa shape index (κ2) is 10.9. The number of anilines is 1. The quantitative estimate of drug-likeness (QED) is 0.570. The van der Waals surface area contributed by atoms with Crippen LogP contribution in [0.15, 0.2) is 18.2 Å². The molecule has 0 aliphatic carbocycles. The Bertz CT molecular complexity index is 631. The number of hydrogen-bond donors (Lipinski definition) is 1. The summed E-state index contributed by atoms with van der Waals surface area (Å²) < 4.78 is 16.4. The first-order valence-corrected chi connectivity index (χ1v) is 9.65. The number of carbonyl (C=O) groups is 2. The summed E-state index contributed by atoms with van der Waals surface area (Å²) >= 11 is 0. The van der Waals surface area contributed by atoms with Gasteiger partial charge in [-0.25, -0.2) is 4.79 Å². The number of methoxy groups -OCH3 is 1. The van der Waals surface area contributed by atoms with Crippen molar-refractivity contribution >= 4 is 17.6 Å². The Morgan fingerprint density at radius 3 is 2.48 bits per heavy atom. The Hall–Kier alpha value is -2.08. The van der Waals surface area contributed by atoms with Crippen LogP contribution in [0.3, 0.4) is 0 Å². The number of unbranched alkanes of at least 4 members (excludes halogenated alkanes) is 1. The van der Waals surface area contributed by atoms with Crippen molar-refractivity contribution in [1.29, 1.82) is 0 Å². The summed E-state index contributed by atoms with van der Waals surface area (Å²) in [6.07, 6.45) is 3.26. The van der Waals surface area contributed by atoms with E-state index in [1.165, 1.54) is 7.11 Å². The molecular formula is C21H33NO5. The smallest absolute Gasteiger partial charge is 0.341 e. The van der Waals surface area contributed by atoms with Gasteiger partial charge in [-0.1, -0.05) is 26.7 Å². The van der Waals surface area contributed by atoms with Gasteiger partial charge in [0.15, 0.2) is 0 Å². The number of esters is 1. The number of carbonyl (C=O) groups excluding carboxylic acids is 2. The number of nitrogens with one attached hydrogen (secondary N) is 1. The minimum atomic E-state index is -0.915. The van der Waals surface area contributed by atoms with E-state index in [0.717, 1.165) is 19.3 Å². The van der Waals surface area contributed by atoms with E-state index in [0.29, 0.717) is 24.5 Å². The summed E-state index contributed by atoms with van der Waals surface area (Å²) in [6.45, 7) is 10.1. The number of hydrogen-bond acceptors (Lipinski definition) is 5. The third-order valence-electron chi connectivity index (χ3n) is 4.50. The largest absolute Gasteiger partial charge is 0.490 e. The molecule has 6 heteroatoms. The lowest BCUT2D eigenvalue weighted by Crippen LogP contribution is -2.42. The van der Waals surface area contributed by atoms with E-state index < -0.39 is 11.6 Å². The van der Waals surface area contributed by atoms with Crippen molar-refractivity contribution in [2.24, 2.45) is 0 Å². The summed E-state index contributed by atoms with van der Waals surface area (Å²) in [5.41, 5.74) is -0.135. The SMILES string of the molecule is CCCCC(C)(OCC)C(=O)Nc1ccc(OC(C)CC)c(C(=O)OC)c1. The van der Waals surface area contributed by atoms with Crippen molar-refractivity contribution in [3.8, 4) is 5.75 Å². The van der Waals surface area contributed by atoms with Crippen molar-refractivity contribution in [1.82, 2.24) is 0 Å². The topological polar surface area (TPSA) is 73.9 Å². The molecule has 152 valence electrons. The van der Waals surface area contributed by atoms with E-state index in [1.54, 1.807) is 25.1 Å². The Balaban J connectivity index is 3.08. The average molecular weight is 379 g/mol. The maximum Gasteiger partial charge on any atom is 0.341 e. The number of benzene rings is 1. The molecule has 2 atom stereocenters. The molecule has 1 aromatic rings. The van der Waals surface area contributed by atoms with Crippen LogP contribution in [-0.4, -0.2) is 37.3 Å². The fourth-order valence-electron chi connectivity index (χ4n) is 2.63. The van der Waals surface area contributed by atoms with Gasteiger partial charge in [0.25, 0.3) is 5.91 Å². The second-order valence-electron chi connectivity index (χ2n) is 6.76. The summed E-state index contributed by atoms with van der Waals surface area (Å²) in [5, 5.41) is 2.86. The van der Waals surface area contributed by atoms with Crippen LogP contribution in [0, 0.1) is 0 Å².